The minimum Gasteiger partial charge on any atom is -0.467 e. The van der Waals surface area contributed by atoms with E-state index in [1.54, 1.807) is 0 Å². The van der Waals surface area contributed by atoms with E-state index in [0.717, 1.165) is 0 Å². The molecule has 0 bridgehead atoms. The van der Waals surface area contributed by atoms with Crippen LogP contribution >= 0.6 is 12.4 Å². The lowest BCUT2D eigenvalue weighted by atomic mass is 10.3. The molecule has 1 N–H and O–H groups in total. The van der Waals surface area contributed by atoms with Gasteiger partial charge in [0.1, 0.15) is 6.04 Å². The summed E-state index contributed by atoms with van der Waals surface area (Å²) < 4.78 is 4.45. The maximum Gasteiger partial charge on any atom is 0.330 e. The van der Waals surface area contributed by atoms with Crippen molar-refractivity contribution >= 4 is 24.7 Å². The van der Waals surface area contributed by atoms with Crippen LogP contribution in [0, 0.1) is 0 Å². The first kappa shape index (κ1) is 9.23. The van der Waals surface area contributed by atoms with Crippen molar-refractivity contribution in [1.82, 2.24) is 5.32 Å². The Morgan fingerprint density at radius 2 is 2.60 bits per heavy atom. The first-order chi connectivity index (χ1) is 4.34. The lowest BCUT2D eigenvalue weighted by molar-refractivity contribution is -0.142. The molecular weight excluding hydrogens is 156 g/mol. The van der Waals surface area contributed by atoms with Crippen molar-refractivity contribution in [3.05, 3.63) is 0 Å². The highest BCUT2D eigenvalue weighted by molar-refractivity contribution is 5.85. The second-order valence-corrected chi connectivity index (χ2v) is 1.74. The average Bonchev–Trinajstić information content (AvgIpc) is 2.37. The number of esters is 1. The highest BCUT2D eigenvalue weighted by Gasteiger charge is 2.19. The minimum absolute atomic E-state index is 0. The number of hydrogen-bond acceptors (Lipinski definition) is 4. The first-order valence-corrected chi connectivity index (χ1v) is 2.67. The molecule has 10 heavy (non-hydrogen) atoms. The van der Waals surface area contributed by atoms with Gasteiger partial charge < -0.3 is 10.1 Å². The number of carbonyl (C=O) groups is 1. The minimum atomic E-state index is -0.257. The molecule has 1 atom stereocenters. The molecule has 0 amide bonds. The molecule has 5 heteroatoms. The largest absolute Gasteiger partial charge is 0.467 e. The first-order valence-electron chi connectivity index (χ1n) is 2.67. The summed E-state index contributed by atoms with van der Waals surface area (Å²) in [5, 5.41) is 2.74. The molecule has 0 radical (unpaired) electrons. The summed E-state index contributed by atoms with van der Waals surface area (Å²) in [6.45, 7) is 0.493. The van der Waals surface area contributed by atoms with Crippen LogP contribution in [0.15, 0.2) is 4.99 Å². The van der Waals surface area contributed by atoms with Gasteiger partial charge in [-0.1, -0.05) is 0 Å². The van der Waals surface area contributed by atoms with E-state index in [1.165, 1.54) is 13.4 Å². The van der Waals surface area contributed by atoms with Gasteiger partial charge in [-0.2, -0.15) is 0 Å². The number of halogens is 1. The zero-order valence-electron chi connectivity index (χ0n) is 5.53. The maximum absolute atomic E-state index is 10.6. The number of nitrogens with zero attached hydrogens (tertiary/aromatic N) is 1. The molecule has 4 nitrogen and oxygen atoms in total. The standard InChI is InChI=1S/C5H8N2O2.ClH/c1-9-5(8)4-2-6-3-7-4;/h3-4H,2H2,1H3,(H,6,7);1H. The third-order valence-corrected chi connectivity index (χ3v) is 1.14. The Morgan fingerprint density at radius 1 is 1.90 bits per heavy atom. The Morgan fingerprint density at radius 3 is 3.00 bits per heavy atom. The summed E-state index contributed by atoms with van der Waals surface area (Å²) in [6.07, 6.45) is 1.52. The van der Waals surface area contributed by atoms with Gasteiger partial charge in [-0.25, -0.2) is 4.79 Å². The zero-order chi connectivity index (χ0) is 6.69. The third-order valence-electron chi connectivity index (χ3n) is 1.14. The van der Waals surface area contributed by atoms with E-state index in [0.29, 0.717) is 6.54 Å². The van der Waals surface area contributed by atoms with Crippen LogP contribution in [-0.2, 0) is 9.53 Å². The summed E-state index contributed by atoms with van der Waals surface area (Å²) in [5.74, 6) is -0.257. The van der Waals surface area contributed by atoms with Crippen LogP contribution in [0.3, 0.4) is 0 Å². The van der Waals surface area contributed by atoms with Gasteiger partial charge in [0, 0.05) is 0 Å². The Labute approximate surface area is 65.1 Å². The van der Waals surface area contributed by atoms with Gasteiger partial charge in [0.05, 0.1) is 20.0 Å². The average molecular weight is 165 g/mol. The van der Waals surface area contributed by atoms with Gasteiger partial charge in [0.15, 0.2) is 0 Å². The molecule has 0 saturated carbocycles. The van der Waals surface area contributed by atoms with E-state index in [2.05, 4.69) is 15.0 Å². The molecule has 0 saturated heterocycles. The fraction of sp³-hybridized carbons (Fsp3) is 0.600. The van der Waals surface area contributed by atoms with Crippen molar-refractivity contribution in [3.8, 4) is 0 Å². The van der Waals surface area contributed by atoms with Crippen LogP contribution in [0.4, 0.5) is 0 Å². The van der Waals surface area contributed by atoms with Gasteiger partial charge in [0.2, 0.25) is 0 Å². The number of nitrogens with one attached hydrogen (secondary N) is 1. The van der Waals surface area contributed by atoms with Crippen LogP contribution in [0.25, 0.3) is 0 Å². The van der Waals surface area contributed by atoms with Gasteiger partial charge >= 0.3 is 5.97 Å². The summed E-state index contributed by atoms with van der Waals surface area (Å²) in [5.41, 5.74) is 0. The topological polar surface area (TPSA) is 50.7 Å². The molecule has 0 aromatic carbocycles. The number of hydrogen-bond donors (Lipinski definition) is 1. The van der Waals surface area contributed by atoms with Gasteiger partial charge in [-0.3, -0.25) is 4.99 Å². The predicted octanol–water partition coefficient (Wildman–Crippen LogP) is -0.419. The molecule has 1 heterocycles. The van der Waals surface area contributed by atoms with Gasteiger partial charge in [-0.15, -0.1) is 12.4 Å². The Hall–Kier alpha value is -0.770. The Balaban J connectivity index is 0.000000810. The molecule has 0 fully saturated rings. The molecule has 1 unspecified atom stereocenters. The van der Waals surface area contributed by atoms with Crippen LogP contribution in [-0.4, -0.2) is 32.0 Å². The Kier molecular flexibility index (Phi) is 3.79. The fourth-order valence-electron chi connectivity index (χ4n) is 0.638. The highest BCUT2D eigenvalue weighted by Crippen LogP contribution is 1.91. The Bertz CT molecular complexity index is 141. The smallest absolute Gasteiger partial charge is 0.330 e. The number of aliphatic imine (C=N–C) groups is 1. The van der Waals surface area contributed by atoms with Gasteiger partial charge in [-0.05, 0) is 0 Å². The van der Waals surface area contributed by atoms with E-state index in [9.17, 15) is 4.79 Å². The van der Waals surface area contributed by atoms with E-state index >= 15 is 0 Å². The van der Waals surface area contributed by atoms with Crippen molar-refractivity contribution < 1.29 is 9.53 Å². The number of ether oxygens (including phenoxy) is 1. The maximum atomic E-state index is 10.6. The fourth-order valence-corrected chi connectivity index (χ4v) is 0.638. The normalized spacial score (nSPS) is 21.1. The highest BCUT2D eigenvalue weighted by atomic mass is 35.5. The van der Waals surface area contributed by atoms with Crippen LogP contribution in [0.5, 0.6) is 0 Å². The van der Waals surface area contributed by atoms with Crippen LogP contribution < -0.4 is 5.32 Å². The monoisotopic (exact) mass is 164 g/mol. The lowest BCUT2D eigenvalue weighted by Crippen LogP contribution is -2.34. The number of carbonyl (C=O) groups excluding carboxylic acids is 1. The van der Waals surface area contributed by atoms with Crippen LogP contribution in [0.2, 0.25) is 0 Å². The zero-order valence-corrected chi connectivity index (χ0v) is 6.35. The van der Waals surface area contributed by atoms with Crippen molar-refractivity contribution in [2.45, 2.75) is 6.04 Å². The third kappa shape index (κ3) is 1.88. The second kappa shape index (κ2) is 4.11. The molecule has 58 valence electrons. The molecule has 0 spiro atoms. The van der Waals surface area contributed by atoms with E-state index < -0.39 is 0 Å². The quantitative estimate of drug-likeness (QED) is 0.536. The van der Waals surface area contributed by atoms with E-state index in [-0.39, 0.29) is 24.4 Å². The number of methoxy groups -OCH3 is 1. The van der Waals surface area contributed by atoms with Crippen molar-refractivity contribution in [3.63, 3.8) is 0 Å². The summed E-state index contributed by atoms with van der Waals surface area (Å²) in [7, 11) is 1.36. The van der Waals surface area contributed by atoms with Crippen LogP contribution in [0.1, 0.15) is 0 Å². The summed E-state index contributed by atoms with van der Waals surface area (Å²) in [4.78, 5) is 14.4. The summed E-state index contributed by atoms with van der Waals surface area (Å²) >= 11 is 0. The van der Waals surface area contributed by atoms with E-state index in [4.69, 9.17) is 0 Å². The molecule has 0 aromatic heterocycles. The molecule has 0 aliphatic carbocycles. The van der Waals surface area contributed by atoms with Gasteiger partial charge in [0.25, 0.3) is 0 Å². The van der Waals surface area contributed by atoms with Crippen molar-refractivity contribution in [2.24, 2.45) is 4.99 Å². The molecular formula is C5H9ClN2O2. The SMILES string of the molecule is COC(=O)C1CN=CN1.Cl. The second-order valence-electron chi connectivity index (χ2n) is 1.74. The van der Waals surface area contributed by atoms with E-state index in [1.807, 2.05) is 0 Å². The lowest BCUT2D eigenvalue weighted by Gasteiger charge is -2.04. The molecule has 0 aromatic rings. The number of rotatable bonds is 1. The van der Waals surface area contributed by atoms with Crippen molar-refractivity contribution in [1.29, 1.82) is 0 Å². The summed E-state index contributed by atoms with van der Waals surface area (Å²) in [6, 6.07) is -0.255. The molecule has 1 aliphatic heterocycles. The molecule has 1 aliphatic rings. The van der Waals surface area contributed by atoms with Crippen molar-refractivity contribution in [2.75, 3.05) is 13.7 Å². The molecule has 1 rings (SSSR count). The predicted molar refractivity (Wildman–Crippen MR) is 39.5 cm³/mol.